The highest BCUT2D eigenvalue weighted by Gasteiger charge is 2.30. The second-order valence-electron chi connectivity index (χ2n) is 5.06. The molecule has 0 bridgehead atoms. The molecule has 17 heavy (non-hydrogen) atoms. The third kappa shape index (κ3) is 3.45. The highest BCUT2D eigenvalue weighted by molar-refractivity contribution is 8.00. The van der Waals surface area contributed by atoms with Gasteiger partial charge in [-0.1, -0.05) is 13.8 Å². The monoisotopic (exact) mass is 270 g/mol. The largest absolute Gasteiger partial charge is 0.302 e. The number of thioether (sulfide) groups is 1. The van der Waals surface area contributed by atoms with Crippen LogP contribution in [0.3, 0.4) is 0 Å². The van der Waals surface area contributed by atoms with Gasteiger partial charge in [0, 0.05) is 23.0 Å². The van der Waals surface area contributed by atoms with E-state index in [1.54, 1.807) is 0 Å². The van der Waals surface area contributed by atoms with Crippen molar-refractivity contribution in [1.82, 2.24) is 4.98 Å². The highest BCUT2D eigenvalue weighted by atomic mass is 32.2. The zero-order valence-corrected chi connectivity index (χ0v) is 12.1. The molecule has 0 aliphatic carbocycles. The molecule has 2 heterocycles. The van der Waals surface area contributed by atoms with Crippen molar-refractivity contribution in [3.05, 3.63) is 11.1 Å². The lowest BCUT2D eigenvalue weighted by Crippen LogP contribution is -2.25. The molecule has 1 fully saturated rings. The number of nitrogens with zero attached hydrogens (tertiary/aromatic N) is 1. The molecule has 1 aliphatic heterocycles. The van der Waals surface area contributed by atoms with Crippen molar-refractivity contribution in [2.45, 2.75) is 44.3 Å². The summed E-state index contributed by atoms with van der Waals surface area (Å²) in [6.07, 6.45) is 2.36. The van der Waals surface area contributed by atoms with E-state index in [9.17, 15) is 4.79 Å². The SMILES string of the molecule is CC(=O)Nc1nc([C@@H]2CCSC(C)(C)C2)cs1. The maximum absolute atomic E-state index is 11.0. The predicted octanol–water partition coefficient (Wildman–Crippen LogP) is 3.49. The van der Waals surface area contributed by atoms with Crippen molar-refractivity contribution in [3.8, 4) is 0 Å². The summed E-state index contributed by atoms with van der Waals surface area (Å²) in [5.74, 6) is 1.69. The number of hydrogen-bond acceptors (Lipinski definition) is 4. The summed E-state index contributed by atoms with van der Waals surface area (Å²) < 4.78 is 0.348. The quantitative estimate of drug-likeness (QED) is 0.894. The van der Waals surface area contributed by atoms with Gasteiger partial charge in [-0.05, 0) is 18.6 Å². The van der Waals surface area contributed by atoms with Crippen molar-refractivity contribution in [3.63, 3.8) is 0 Å². The van der Waals surface area contributed by atoms with Crippen LogP contribution in [0.5, 0.6) is 0 Å². The van der Waals surface area contributed by atoms with Crippen LogP contribution in [0.4, 0.5) is 5.13 Å². The highest BCUT2D eigenvalue weighted by Crippen LogP contribution is 2.43. The molecule has 0 saturated carbocycles. The van der Waals surface area contributed by atoms with Gasteiger partial charge in [-0.25, -0.2) is 4.98 Å². The minimum absolute atomic E-state index is 0.0505. The molecule has 2 rings (SSSR count). The predicted molar refractivity (Wildman–Crippen MR) is 74.9 cm³/mol. The van der Waals surface area contributed by atoms with E-state index >= 15 is 0 Å². The Bertz CT molecular complexity index is 414. The molecule has 0 spiro atoms. The van der Waals surface area contributed by atoms with Crippen LogP contribution in [0.1, 0.15) is 45.2 Å². The van der Waals surface area contributed by atoms with Gasteiger partial charge < -0.3 is 5.32 Å². The number of aromatic nitrogens is 1. The summed E-state index contributed by atoms with van der Waals surface area (Å²) in [6, 6.07) is 0. The molecule has 1 aromatic heterocycles. The third-order valence-electron chi connectivity index (χ3n) is 2.92. The molecule has 5 heteroatoms. The summed E-state index contributed by atoms with van der Waals surface area (Å²) >= 11 is 3.56. The third-order valence-corrected chi connectivity index (χ3v) is 5.08. The zero-order chi connectivity index (χ0) is 12.5. The number of anilines is 1. The summed E-state index contributed by atoms with van der Waals surface area (Å²) in [5.41, 5.74) is 1.15. The first-order valence-corrected chi connectivity index (χ1v) is 7.70. The minimum Gasteiger partial charge on any atom is -0.302 e. The van der Waals surface area contributed by atoms with Crippen molar-refractivity contribution >= 4 is 34.1 Å². The average molecular weight is 270 g/mol. The van der Waals surface area contributed by atoms with Crippen LogP contribution in [0.2, 0.25) is 0 Å². The van der Waals surface area contributed by atoms with Crippen LogP contribution in [0.15, 0.2) is 5.38 Å². The first-order chi connectivity index (χ1) is 7.96. The standard InChI is InChI=1S/C12H18N2OS2/c1-8(15)13-11-14-10(7-16-11)9-4-5-17-12(2,3)6-9/h7,9H,4-6H2,1-3H3,(H,13,14,15)/t9-/m1/s1. The van der Waals surface area contributed by atoms with E-state index in [-0.39, 0.29) is 5.91 Å². The summed E-state index contributed by atoms with van der Waals surface area (Å²) in [4.78, 5) is 15.5. The van der Waals surface area contributed by atoms with E-state index in [1.807, 2.05) is 11.8 Å². The Morgan fingerprint density at radius 2 is 2.35 bits per heavy atom. The Kier molecular flexibility index (Phi) is 3.78. The molecule has 3 nitrogen and oxygen atoms in total. The van der Waals surface area contributed by atoms with Gasteiger partial charge in [-0.2, -0.15) is 11.8 Å². The maximum atomic E-state index is 11.0. The molecule has 0 unspecified atom stereocenters. The van der Waals surface area contributed by atoms with Crippen LogP contribution in [0.25, 0.3) is 0 Å². The van der Waals surface area contributed by atoms with Gasteiger partial charge in [0.05, 0.1) is 5.69 Å². The van der Waals surface area contributed by atoms with Gasteiger partial charge in [-0.15, -0.1) is 11.3 Å². The first kappa shape index (κ1) is 12.9. The van der Waals surface area contributed by atoms with E-state index in [0.717, 1.165) is 10.8 Å². The minimum atomic E-state index is -0.0505. The Balaban J connectivity index is 2.06. The second kappa shape index (κ2) is 4.98. The fourth-order valence-corrected chi connectivity index (χ4v) is 4.28. The van der Waals surface area contributed by atoms with E-state index < -0.39 is 0 Å². The van der Waals surface area contributed by atoms with Crippen molar-refractivity contribution in [2.24, 2.45) is 0 Å². The number of carbonyl (C=O) groups excluding carboxylic acids is 1. The van der Waals surface area contributed by atoms with Crippen molar-refractivity contribution in [2.75, 3.05) is 11.1 Å². The lowest BCUT2D eigenvalue weighted by Gasteiger charge is -2.33. The van der Waals surface area contributed by atoms with Gasteiger partial charge in [0.2, 0.25) is 5.91 Å². The summed E-state index contributed by atoms with van der Waals surface area (Å²) in [6.45, 7) is 6.11. The van der Waals surface area contributed by atoms with Crippen LogP contribution in [0, 0.1) is 0 Å². The number of thiazole rings is 1. The van der Waals surface area contributed by atoms with E-state index in [4.69, 9.17) is 0 Å². The van der Waals surface area contributed by atoms with Crippen LogP contribution in [-0.4, -0.2) is 21.4 Å². The molecule has 1 N–H and O–H groups in total. The van der Waals surface area contributed by atoms with Gasteiger partial charge >= 0.3 is 0 Å². The van der Waals surface area contributed by atoms with Gasteiger partial charge in [0.25, 0.3) is 0 Å². The number of rotatable bonds is 2. The molecule has 1 atom stereocenters. The van der Waals surface area contributed by atoms with E-state index in [2.05, 4.69) is 29.5 Å². The van der Waals surface area contributed by atoms with Crippen LogP contribution >= 0.6 is 23.1 Å². The molecule has 0 aromatic carbocycles. The Morgan fingerprint density at radius 1 is 1.59 bits per heavy atom. The summed E-state index contributed by atoms with van der Waals surface area (Å²) in [7, 11) is 0. The van der Waals surface area contributed by atoms with Crippen LogP contribution in [-0.2, 0) is 4.79 Å². The first-order valence-electron chi connectivity index (χ1n) is 5.83. The van der Waals surface area contributed by atoms with Gasteiger partial charge in [-0.3, -0.25) is 4.79 Å². The molecular formula is C12H18N2OS2. The molecule has 94 valence electrons. The maximum Gasteiger partial charge on any atom is 0.223 e. The average Bonchev–Trinajstić information content (AvgIpc) is 2.63. The number of carbonyl (C=O) groups is 1. The number of amides is 1. The molecular weight excluding hydrogens is 252 g/mol. The molecule has 1 saturated heterocycles. The molecule has 1 aromatic rings. The zero-order valence-electron chi connectivity index (χ0n) is 10.4. The Labute approximate surface area is 110 Å². The van der Waals surface area contributed by atoms with Gasteiger partial charge in [0.1, 0.15) is 0 Å². The van der Waals surface area contributed by atoms with E-state index in [0.29, 0.717) is 10.7 Å². The topological polar surface area (TPSA) is 42.0 Å². The Morgan fingerprint density at radius 3 is 3.00 bits per heavy atom. The van der Waals surface area contributed by atoms with Crippen molar-refractivity contribution < 1.29 is 4.79 Å². The fraction of sp³-hybridized carbons (Fsp3) is 0.667. The molecule has 0 radical (unpaired) electrons. The Hall–Kier alpha value is -0.550. The molecule has 1 aliphatic rings. The fourth-order valence-electron chi connectivity index (χ4n) is 2.17. The normalized spacial score (nSPS) is 23.4. The second-order valence-corrected chi connectivity index (χ2v) is 7.72. The van der Waals surface area contributed by atoms with E-state index in [1.165, 1.54) is 36.9 Å². The molecule has 1 amide bonds. The number of hydrogen-bond donors (Lipinski definition) is 1. The summed E-state index contributed by atoms with van der Waals surface area (Å²) in [5, 5.41) is 5.56. The lowest BCUT2D eigenvalue weighted by atomic mass is 9.91. The lowest BCUT2D eigenvalue weighted by molar-refractivity contribution is -0.114. The van der Waals surface area contributed by atoms with Crippen molar-refractivity contribution in [1.29, 1.82) is 0 Å². The number of nitrogens with one attached hydrogen (secondary N) is 1. The van der Waals surface area contributed by atoms with Crippen LogP contribution < -0.4 is 5.32 Å². The van der Waals surface area contributed by atoms with Gasteiger partial charge in [0.15, 0.2) is 5.13 Å². The smallest absolute Gasteiger partial charge is 0.223 e.